The zero-order valence-electron chi connectivity index (χ0n) is 9.50. The van der Waals surface area contributed by atoms with E-state index in [-0.39, 0.29) is 17.1 Å². The van der Waals surface area contributed by atoms with Crippen molar-refractivity contribution in [1.29, 1.82) is 0 Å². The van der Waals surface area contributed by atoms with Crippen LogP contribution in [0.4, 0.5) is 0 Å². The Kier molecular flexibility index (Phi) is 3.64. The average molecular weight is 275 g/mol. The molecular weight excluding hydrogens is 262 g/mol. The highest BCUT2D eigenvalue weighted by atomic mass is 32.2. The number of aromatic nitrogens is 2. The van der Waals surface area contributed by atoms with Crippen LogP contribution < -0.4 is 0 Å². The maximum Gasteiger partial charge on any atom is 0.340 e. The molecule has 1 saturated heterocycles. The number of sulfonamides is 1. The van der Waals surface area contributed by atoms with Gasteiger partial charge in [0.25, 0.3) is 10.0 Å². The number of carboxylic acids is 1. The number of carboxylic acid groups (broad SMARTS) is 1. The molecule has 0 radical (unpaired) electrons. The van der Waals surface area contributed by atoms with E-state index in [4.69, 9.17) is 9.84 Å². The van der Waals surface area contributed by atoms with E-state index >= 15 is 0 Å². The lowest BCUT2D eigenvalue weighted by Gasteiger charge is -2.18. The van der Waals surface area contributed by atoms with E-state index in [0.717, 1.165) is 6.20 Å². The molecule has 18 heavy (non-hydrogen) atoms. The van der Waals surface area contributed by atoms with Gasteiger partial charge < -0.3 is 9.84 Å². The third-order valence-electron chi connectivity index (χ3n) is 2.61. The molecule has 0 saturated carbocycles. The number of carbonyl (C=O) groups is 1. The maximum absolute atomic E-state index is 12.3. The Balaban J connectivity index is 2.34. The summed E-state index contributed by atoms with van der Waals surface area (Å²) in [6, 6.07) is 0. The third kappa shape index (κ3) is 2.37. The average Bonchev–Trinajstić information content (AvgIpc) is 2.65. The van der Waals surface area contributed by atoms with Gasteiger partial charge >= 0.3 is 5.97 Å². The van der Waals surface area contributed by atoms with Gasteiger partial charge in [0.05, 0.1) is 12.8 Å². The van der Waals surface area contributed by atoms with Gasteiger partial charge in [-0.05, 0) is 6.42 Å². The van der Waals surface area contributed by atoms with E-state index in [1.807, 2.05) is 0 Å². The second-order valence-corrected chi connectivity index (χ2v) is 5.66. The van der Waals surface area contributed by atoms with Gasteiger partial charge in [0.1, 0.15) is 5.56 Å². The Bertz CT molecular complexity index is 530. The summed E-state index contributed by atoms with van der Waals surface area (Å²) < 4.78 is 30.9. The first kappa shape index (κ1) is 13.0. The van der Waals surface area contributed by atoms with Crippen LogP contribution in [-0.2, 0) is 14.8 Å². The van der Waals surface area contributed by atoms with Crippen molar-refractivity contribution in [3.05, 3.63) is 11.8 Å². The van der Waals surface area contributed by atoms with Crippen LogP contribution in [0.3, 0.4) is 0 Å². The van der Waals surface area contributed by atoms with Crippen molar-refractivity contribution in [3.63, 3.8) is 0 Å². The first-order valence-corrected chi connectivity index (χ1v) is 6.82. The fraction of sp³-hybridized carbons (Fsp3) is 0.556. The predicted molar refractivity (Wildman–Crippen MR) is 59.7 cm³/mol. The van der Waals surface area contributed by atoms with Gasteiger partial charge in [0, 0.05) is 19.7 Å². The molecule has 0 atom stereocenters. The van der Waals surface area contributed by atoms with Crippen molar-refractivity contribution in [1.82, 2.24) is 14.5 Å². The Morgan fingerprint density at radius 2 is 2.22 bits per heavy atom. The van der Waals surface area contributed by atoms with Gasteiger partial charge in [-0.2, -0.15) is 9.40 Å². The number of nitrogens with one attached hydrogen (secondary N) is 1. The van der Waals surface area contributed by atoms with Gasteiger partial charge in [-0.15, -0.1) is 0 Å². The van der Waals surface area contributed by atoms with E-state index in [1.165, 1.54) is 4.31 Å². The van der Waals surface area contributed by atoms with Crippen LogP contribution in [0.5, 0.6) is 0 Å². The summed E-state index contributed by atoms with van der Waals surface area (Å²) in [5, 5.41) is 14.3. The fourth-order valence-corrected chi connectivity index (χ4v) is 3.24. The molecule has 100 valence electrons. The quantitative estimate of drug-likeness (QED) is 0.770. The van der Waals surface area contributed by atoms with Crippen molar-refractivity contribution in [3.8, 4) is 0 Å². The lowest BCUT2D eigenvalue weighted by atomic mass is 10.4. The number of ether oxygens (including phenoxy) is 1. The zero-order valence-corrected chi connectivity index (χ0v) is 10.3. The summed E-state index contributed by atoms with van der Waals surface area (Å²) >= 11 is 0. The number of aromatic carboxylic acids is 1. The Morgan fingerprint density at radius 1 is 1.44 bits per heavy atom. The van der Waals surface area contributed by atoms with Crippen molar-refractivity contribution < 1.29 is 23.1 Å². The number of aromatic amines is 1. The van der Waals surface area contributed by atoms with Crippen LogP contribution in [0.15, 0.2) is 11.2 Å². The minimum Gasteiger partial charge on any atom is -0.478 e. The van der Waals surface area contributed by atoms with Crippen molar-refractivity contribution in [2.45, 2.75) is 11.4 Å². The van der Waals surface area contributed by atoms with Crippen molar-refractivity contribution >= 4 is 16.0 Å². The van der Waals surface area contributed by atoms with Crippen LogP contribution in [0.1, 0.15) is 16.8 Å². The molecule has 1 fully saturated rings. The third-order valence-corrected chi connectivity index (χ3v) is 4.49. The molecule has 9 heteroatoms. The van der Waals surface area contributed by atoms with Gasteiger partial charge in [0.2, 0.25) is 0 Å². The number of hydrogen-bond donors (Lipinski definition) is 2. The molecule has 0 bridgehead atoms. The molecule has 1 aliphatic rings. The van der Waals surface area contributed by atoms with Crippen molar-refractivity contribution in [2.75, 3.05) is 26.3 Å². The smallest absolute Gasteiger partial charge is 0.340 e. The molecule has 2 heterocycles. The van der Waals surface area contributed by atoms with E-state index in [0.29, 0.717) is 26.2 Å². The summed E-state index contributed by atoms with van der Waals surface area (Å²) in [6.45, 7) is 1.32. The summed E-state index contributed by atoms with van der Waals surface area (Å²) in [5.74, 6) is -1.33. The highest BCUT2D eigenvalue weighted by Crippen LogP contribution is 2.18. The van der Waals surface area contributed by atoms with E-state index in [1.54, 1.807) is 0 Å². The minimum absolute atomic E-state index is 0.209. The van der Waals surface area contributed by atoms with Crippen molar-refractivity contribution in [2.24, 2.45) is 0 Å². The molecule has 0 aliphatic carbocycles. The normalized spacial score (nSPS) is 18.4. The molecule has 0 aromatic carbocycles. The van der Waals surface area contributed by atoms with Gasteiger partial charge in [-0.3, -0.25) is 5.10 Å². The summed E-state index contributed by atoms with van der Waals surface area (Å²) in [7, 11) is -3.86. The molecule has 0 spiro atoms. The van der Waals surface area contributed by atoms with Crippen LogP contribution in [0.25, 0.3) is 0 Å². The molecule has 1 aromatic heterocycles. The number of hydrogen-bond acceptors (Lipinski definition) is 5. The first-order valence-electron chi connectivity index (χ1n) is 5.38. The maximum atomic E-state index is 12.3. The highest BCUT2D eigenvalue weighted by Gasteiger charge is 2.31. The van der Waals surface area contributed by atoms with Crippen LogP contribution >= 0.6 is 0 Å². The lowest BCUT2D eigenvalue weighted by Crippen LogP contribution is -2.34. The number of rotatable bonds is 3. The summed E-state index contributed by atoms with van der Waals surface area (Å²) in [4.78, 5) is 10.9. The standard InChI is InChI=1S/C9H13N3O5S/c13-9(14)7-6-10-11-8(7)18(15,16)12-2-1-4-17-5-3-12/h6H,1-5H2,(H,10,11)(H,13,14). The van der Waals surface area contributed by atoms with Gasteiger partial charge in [0.15, 0.2) is 5.03 Å². The van der Waals surface area contributed by atoms with Crippen LogP contribution in [-0.4, -0.2) is 60.3 Å². The van der Waals surface area contributed by atoms with Gasteiger partial charge in [-0.1, -0.05) is 0 Å². The lowest BCUT2D eigenvalue weighted by molar-refractivity contribution is 0.0692. The number of H-pyrrole nitrogens is 1. The highest BCUT2D eigenvalue weighted by molar-refractivity contribution is 7.89. The largest absolute Gasteiger partial charge is 0.478 e. The van der Waals surface area contributed by atoms with Crippen LogP contribution in [0, 0.1) is 0 Å². The fourth-order valence-electron chi connectivity index (χ4n) is 1.72. The molecule has 2 N–H and O–H groups in total. The first-order chi connectivity index (χ1) is 8.53. The minimum atomic E-state index is -3.86. The SMILES string of the molecule is O=C(O)c1cn[nH]c1S(=O)(=O)N1CCCOCC1. The summed E-state index contributed by atoms with van der Waals surface area (Å²) in [5.41, 5.74) is -0.347. The van der Waals surface area contributed by atoms with Crippen LogP contribution in [0.2, 0.25) is 0 Å². The molecular formula is C9H13N3O5S. The summed E-state index contributed by atoms with van der Waals surface area (Å²) in [6.07, 6.45) is 1.57. The second kappa shape index (κ2) is 5.04. The molecule has 1 aliphatic heterocycles. The number of nitrogens with zero attached hydrogens (tertiary/aromatic N) is 2. The predicted octanol–water partition coefficient (Wildman–Crippen LogP) is -0.481. The molecule has 0 amide bonds. The van der Waals surface area contributed by atoms with Gasteiger partial charge in [-0.25, -0.2) is 13.2 Å². The topological polar surface area (TPSA) is 113 Å². The monoisotopic (exact) mass is 275 g/mol. The molecule has 2 rings (SSSR count). The molecule has 1 aromatic rings. The van der Waals surface area contributed by atoms with E-state index in [9.17, 15) is 13.2 Å². The molecule has 0 unspecified atom stereocenters. The zero-order chi connectivity index (χ0) is 13.2. The molecule has 8 nitrogen and oxygen atoms in total. The van der Waals surface area contributed by atoms with E-state index in [2.05, 4.69) is 10.2 Å². The Morgan fingerprint density at radius 3 is 2.94 bits per heavy atom. The Hall–Kier alpha value is -1.45. The Labute approximate surface area is 104 Å². The second-order valence-electron chi connectivity index (χ2n) is 3.79. The van der Waals surface area contributed by atoms with E-state index < -0.39 is 16.0 Å².